The molecule has 0 saturated heterocycles. The maximum Gasteiger partial charge on any atom is 0.198 e. The average Bonchev–Trinajstić information content (AvgIpc) is 3.06. The van der Waals surface area contributed by atoms with Crippen LogP contribution in [0, 0.1) is 0 Å². The van der Waals surface area contributed by atoms with E-state index in [9.17, 15) is 4.79 Å². The Labute approximate surface area is 157 Å². The van der Waals surface area contributed by atoms with Crippen molar-refractivity contribution in [2.45, 2.75) is 32.4 Å². The summed E-state index contributed by atoms with van der Waals surface area (Å²) in [5.74, 6) is -0.192. The summed E-state index contributed by atoms with van der Waals surface area (Å²) in [7, 11) is 0. The second-order valence-corrected chi connectivity index (χ2v) is 8.62. The Balaban J connectivity index is 1.60. The Morgan fingerprint density at radius 3 is 2.88 bits per heavy atom. The minimum atomic E-state index is -0.426. The van der Waals surface area contributed by atoms with Crippen LogP contribution in [0.25, 0.3) is 10.9 Å². The zero-order valence-electron chi connectivity index (χ0n) is 15.0. The highest BCUT2D eigenvalue weighted by atomic mass is 32.1. The first-order chi connectivity index (χ1) is 12.5. The standard InChI is InChI=1S/C21H22N2O2S/c1-21(2)13-23(10-15-9-19(18(25)12-24)26-20(15)21)11-16-8-7-14-5-3-4-6-17(14)22-16/h3-9,24H,10-13H2,1-2H3. The number of fused-ring (bicyclic) bond motifs is 2. The predicted molar refractivity (Wildman–Crippen MR) is 105 cm³/mol. The van der Waals surface area contributed by atoms with E-state index in [0.29, 0.717) is 4.88 Å². The topological polar surface area (TPSA) is 53.4 Å². The molecular weight excluding hydrogens is 344 g/mol. The Bertz CT molecular complexity index is 977. The van der Waals surface area contributed by atoms with E-state index in [-0.39, 0.29) is 11.2 Å². The molecule has 1 aliphatic heterocycles. The van der Waals surface area contributed by atoms with Gasteiger partial charge in [-0.1, -0.05) is 38.1 Å². The number of ketones is 1. The van der Waals surface area contributed by atoms with E-state index in [1.54, 1.807) is 0 Å². The van der Waals surface area contributed by atoms with Gasteiger partial charge in [0.1, 0.15) is 6.61 Å². The fourth-order valence-corrected chi connectivity index (χ4v) is 4.99. The van der Waals surface area contributed by atoms with Gasteiger partial charge in [0.25, 0.3) is 0 Å². The third-order valence-electron chi connectivity index (χ3n) is 4.90. The maximum atomic E-state index is 11.9. The van der Waals surface area contributed by atoms with E-state index in [1.165, 1.54) is 21.8 Å². The Morgan fingerprint density at radius 1 is 1.27 bits per heavy atom. The van der Waals surface area contributed by atoms with Crippen LogP contribution >= 0.6 is 11.3 Å². The van der Waals surface area contributed by atoms with Crippen LogP contribution in [-0.4, -0.2) is 33.9 Å². The number of hydrogen-bond acceptors (Lipinski definition) is 5. The maximum absolute atomic E-state index is 11.9. The number of hydrogen-bond donors (Lipinski definition) is 1. The number of benzene rings is 1. The highest BCUT2D eigenvalue weighted by Gasteiger charge is 2.34. The zero-order valence-corrected chi connectivity index (χ0v) is 15.8. The van der Waals surface area contributed by atoms with Gasteiger partial charge in [0.2, 0.25) is 0 Å². The summed E-state index contributed by atoms with van der Waals surface area (Å²) >= 11 is 1.53. The molecule has 0 fully saturated rings. The average molecular weight is 366 g/mol. The monoisotopic (exact) mass is 366 g/mol. The summed E-state index contributed by atoms with van der Waals surface area (Å²) in [5, 5.41) is 10.3. The van der Waals surface area contributed by atoms with Crippen molar-refractivity contribution < 1.29 is 9.90 Å². The molecule has 26 heavy (non-hydrogen) atoms. The van der Waals surface area contributed by atoms with Crippen LogP contribution in [-0.2, 0) is 18.5 Å². The number of para-hydroxylation sites is 1. The molecule has 0 spiro atoms. The molecule has 0 amide bonds. The number of pyridine rings is 1. The summed E-state index contributed by atoms with van der Waals surface area (Å²) in [4.78, 5) is 21.0. The molecule has 0 unspecified atom stereocenters. The smallest absolute Gasteiger partial charge is 0.198 e. The number of carbonyl (C=O) groups is 1. The molecule has 3 heterocycles. The first kappa shape index (κ1) is 17.3. The van der Waals surface area contributed by atoms with Crippen LogP contribution in [0.15, 0.2) is 42.5 Å². The number of nitrogens with zero attached hydrogens (tertiary/aromatic N) is 2. The van der Waals surface area contributed by atoms with Crippen LogP contribution in [0.1, 0.15) is 39.7 Å². The number of thiophene rings is 1. The molecule has 5 heteroatoms. The van der Waals surface area contributed by atoms with E-state index in [0.717, 1.165) is 36.2 Å². The third-order valence-corrected chi connectivity index (χ3v) is 6.48. The van der Waals surface area contributed by atoms with Crippen LogP contribution in [0.3, 0.4) is 0 Å². The number of aliphatic hydroxyl groups is 1. The fourth-order valence-electron chi connectivity index (χ4n) is 3.80. The van der Waals surface area contributed by atoms with Gasteiger partial charge in [0.15, 0.2) is 5.78 Å². The SMILES string of the molecule is CC1(C)CN(Cc2ccc3ccccc3n2)Cc2cc(C(=O)CO)sc21. The number of Topliss-reactive ketones (excluding diaryl/α,β-unsaturated/α-hetero) is 1. The molecule has 0 bridgehead atoms. The van der Waals surface area contributed by atoms with Gasteiger partial charge < -0.3 is 5.11 Å². The number of rotatable bonds is 4. The number of aliphatic hydroxyl groups excluding tert-OH is 1. The zero-order chi connectivity index (χ0) is 18.3. The second kappa shape index (κ2) is 6.58. The minimum absolute atomic E-state index is 0.0247. The van der Waals surface area contributed by atoms with Crippen molar-refractivity contribution in [2.24, 2.45) is 0 Å². The molecule has 4 nitrogen and oxygen atoms in total. The van der Waals surface area contributed by atoms with Crippen molar-refractivity contribution in [3.05, 3.63) is 63.5 Å². The van der Waals surface area contributed by atoms with E-state index in [1.807, 2.05) is 24.3 Å². The van der Waals surface area contributed by atoms with Crippen LogP contribution in [0.2, 0.25) is 0 Å². The quantitative estimate of drug-likeness (QED) is 0.714. The largest absolute Gasteiger partial charge is 0.388 e. The highest BCUT2D eigenvalue weighted by Crippen LogP contribution is 2.39. The van der Waals surface area contributed by atoms with E-state index < -0.39 is 6.61 Å². The Morgan fingerprint density at radius 2 is 2.08 bits per heavy atom. The van der Waals surface area contributed by atoms with Gasteiger partial charge >= 0.3 is 0 Å². The van der Waals surface area contributed by atoms with Crippen LogP contribution < -0.4 is 0 Å². The van der Waals surface area contributed by atoms with Crippen LogP contribution in [0.5, 0.6) is 0 Å². The molecule has 0 radical (unpaired) electrons. The summed E-state index contributed by atoms with van der Waals surface area (Å²) in [6.45, 7) is 6.52. The molecule has 1 aliphatic rings. The van der Waals surface area contributed by atoms with Gasteiger partial charge in [-0.05, 0) is 23.8 Å². The lowest BCUT2D eigenvalue weighted by molar-refractivity contribution is 0.0907. The summed E-state index contributed by atoms with van der Waals surface area (Å²) in [6, 6.07) is 14.3. The van der Waals surface area contributed by atoms with Gasteiger partial charge in [-0.3, -0.25) is 14.7 Å². The highest BCUT2D eigenvalue weighted by molar-refractivity contribution is 7.14. The molecule has 134 valence electrons. The fraction of sp³-hybridized carbons (Fsp3) is 0.333. The Hall–Kier alpha value is -2.08. The lowest BCUT2D eigenvalue weighted by Gasteiger charge is -2.37. The van der Waals surface area contributed by atoms with Crippen molar-refractivity contribution in [1.29, 1.82) is 0 Å². The molecular formula is C21H22N2O2S. The van der Waals surface area contributed by atoms with Crippen molar-refractivity contribution in [3.8, 4) is 0 Å². The minimum Gasteiger partial charge on any atom is -0.388 e. The first-order valence-corrected chi connectivity index (χ1v) is 9.62. The van der Waals surface area contributed by atoms with Gasteiger partial charge in [0.05, 0.1) is 16.1 Å². The predicted octanol–water partition coefficient (Wildman–Crippen LogP) is 3.76. The Kier molecular flexibility index (Phi) is 4.39. The molecule has 0 atom stereocenters. The lowest BCUT2D eigenvalue weighted by atomic mass is 9.85. The van der Waals surface area contributed by atoms with Gasteiger partial charge in [-0.25, -0.2) is 0 Å². The normalized spacial score (nSPS) is 16.6. The summed E-state index contributed by atoms with van der Waals surface area (Å²) < 4.78 is 0. The molecule has 0 aliphatic carbocycles. The van der Waals surface area contributed by atoms with Crippen molar-refractivity contribution in [1.82, 2.24) is 9.88 Å². The van der Waals surface area contributed by atoms with Crippen LogP contribution in [0.4, 0.5) is 0 Å². The summed E-state index contributed by atoms with van der Waals surface area (Å²) in [5.41, 5.74) is 3.25. The van der Waals surface area contributed by atoms with Crippen molar-refractivity contribution >= 4 is 28.0 Å². The van der Waals surface area contributed by atoms with E-state index in [4.69, 9.17) is 10.1 Å². The van der Waals surface area contributed by atoms with Gasteiger partial charge in [-0.15, -0.1) is 11.3 Å². The molecule has 1 aromatic carbocycles. The molecule has 0 saturated carbocycles. The molecule has 1 N–H and O–H groups in total. The van der Waals surface area contributed by atoms with Gasteiger partial charge in [-0.2, -0.15) is 0 Å². The van der Waals surface area contributed by atoms with E-state index >= 15 is 0 Å². The molecule has 2 aromatic heterocycles. The van der Waals surface area contributed by atoms with Crippen molar-refractivity contribution in [2.75, 3.05) is 13.2 Å². The van der Waals surface area contributed by atoms with Crippen molar-refractivity contribution in [3.63, 3.8) is 0 Å². The van der Waals surface area contributed by atoms with Gasteiger partial charge in [0, 0.05) is 35.3 Å². The van der Waals surface area contributed by atoms with E-state index in [2.05, 4.69) is 36.9 Å². The third kappa shape index (κ3) is 3.18. The number of carbonyl (C=O) groups excluding carboxylic acids is 1. The molecule has 3 aromatic rings. The first-order valence-electron chi connectivity index (χ1n) is 8.80. The summed E-state index contributed by atoms with van der Waals surface area (Å²) in [6.07, 6.45) is 0. The number of aromatic nitrogens is 1. The molecule has 4 rings (SSSR count). The lowest BCUT2D eigenvalue weighted by Crippen LogP contribution is -2.40. The second-order valence-electron chi connectivity index (χ2n) is 7.57.